The van der Waals surface area contributed by atoms with Crippen molar-refractivity contribution in [3.63, 3.8) is 0 Å². The summed E-state index contributed by atoms with van der Waals surface area (Å²) in [5, 5.41) is 3.10. The molecule has 1 aromatic rings. The Kier molecular flexibility index (Phi) is 6.59. The van der Waals surface area contributed by atoms with E-state index in [9.17, 15) is 13.2 Å². The largest absolute Gasteiger partial charge is 0.349 e. The van der Waals surface area contributed by atoms with Crippen LogP contribution >= 0.6 is 0 Å². The molecule has 0 aromatic heterocycles. The standard InChI is InChI=1S/C18H29N3O3S/c1-5-17(15-10-8-14(2)9-11-15)19-18(22)16-7-6-12-21(13-16)25(23,24)20(3)4/h8-11,16-17H,5-7,12-13H2,1-4H3,(H,19,22). The fourth-order valence-corrected chi connectivity index (χ4v) is 4.30. The van der Waals surface area contributed by atoms with E-state index >= 15 is 0 Å². The maximum absolute atomic E-state index is 12.7. The average molecular weight is 368 g/mol. The van der Waals surface area contributed by atoms with Crippen LogP contribution in [0.25, 0.3) is 0 Å². The lowest BCUT2D eigenvalue weighted by Crippen LogP contribution is -2.49. The van der Waals surface area contributed by atoms with Crippen molar-refractivity contribution in [2.45, 2.75) is 39.2 Å². The molecule has 140 valence electrons. The van der Waals surface area contributed by atoms with E-state index in [1.807, 2.05) is 38.1 Å². The summed E-state index contributed by atoms with van der Waals surface area (Å²) < 4.78 is 27.2. The quantitative estimate of drug-likeness (QED) is 0.837. The van der Waals surface area contributed by atoms with Gasteiger partial charge < -0.3 is 5.32 Å². The van der Waals surface area contributed by atoms with Crippen molar-refractivity contribution in [1.82, 2.24) is 13.9 Å². The highest BCUT2D eigenvalue weighted by Crippen LogP contribution is 2.23. The van der Waals surface area contributed by atoms with Gasteiger partial charge in [-0.1, -0.05) is 36.8 Å². The number of carbonyl (C=O) groups is 1. The van der Waals surface area contributed by atoms with Gasteiger partial charge in [0.05, 0.1) is 12.0 Å². The highest BCUT2D eigenvalue weighted by atomic mass is 32.2. The number of hydrogen-bond donors (Lipinski definition) is 1. The molecule has 1 amide bonds. The summed E-state index contributed by atoms with van der Waals surface area (Å²) in [6, 6.07) is 8.10. The molecule has 0 saturated carbocycles. The fraction of sp³-hybridized carbons (Fsp3) is 0.611. The summed E-state index contributed by atoms with van der Waals surface area (Å²) in [5.74, 6) is -0.367. The number of piperidine rings is 1. The summed E-state index contributed by atoms with van der Waals surface area (Å²) >= 11 is 0. The third-order valence-electron chi connectivity index (χ3n) is 4.75. The van der Waals surface area contributed by atoms with Gasteiger partial charge in [-0.25, -0.2) is 0 Å². The lowest BCUT2D eigenvalue weighted by Gasteiger charge is -2.33. The number of amides is 1. The van der Waals surface area contributed by atoms with Crippen LogP contribution in [0.5, 0.6) is 0 Å². The van der Waals surface area contributed by atoms with Crippen LogP contribution in [-0.4, -0.2) is 50.1 Å². The molecule has 1 aliphatic heterocycles. The van der Waals surface area contributed by atoms with Crippen LogP contribution in [0.1, 0.15) is 43.4 Å². The summed E-state index contributed by atoms with van der Waals surface area (Å²) in [6.07, 6.45) is 2.21. The number of nitrogens with zero attached hydrogens (tertiary/aromatic N) is 2. The van der Waals surface area contributed by atoms with Gasteiger partial charge in [-0.15, -0.1) is 0 Å². The smallest absolute Gasteiger partial charge is 0.281 e. The van der Waals surface area contributed by atoms with Crippen LogP contribution in [0.15, 0.2) is 24.3 Å². The van der Waals surface area contributed by atoms with Gasteiger partial charge in [0.25, 0.3) is 10.2 Å². The molecule has 0 spiro atoms. The Morgan fingerprint density at radius 1 is 1.32 bits per heavy atom. The maximum atomic E-state index is 12.7. The van der Waals surface area contributed by atoms with Crippen LogP contribution in [0.2, 0.25) is 0 Å². The predicted octanol–water partition coefficient (Wildman–Crippen LogP) is 2.08. The van der Waals surface area contributed by atoms with Gasteiger partial charge >= 0.3 is 0 Å². The molecular formula is C18H29N3O3S. The van der Waals surface area contributed by atoms with Gasteiger partial charge in [0.15, 0.2) is 0 Å². The molecule has 1 aromatic carbocycles. The topological polar surface area (TPSA) is 69.7 Å². The molecular weight excluding hydrogens is 338 g/mol. The lowest BCUT2D eigenvalue weighted by atomic mass is 9.97. The van der Waals surface area contributed by atoms with Crippen LogP contribution in [0, 0.1) is 12.8 Å². The zero-order valence-corrected chi connectivity index (χ0v) is 16.3. The van der Waals surface area contributed by atoms with Crippen molar-refractivity contribution in [2.24, 2.45) is 5.92 Å². The van der Waals surface area contributed by atoms with Crippen LogP contribution in [0.3, 0.4) is 0 Å². The second-order valence-corrected chi connectivity index (χ2v) is 9.01. The van der Waals surface area contributed by atoms with Crippen molar-refractivity contribution in [2.75, 3.05) is 27.2 Å². The molecule has 1 heterocycles. The summed E-state index contributed by atoms with van der Waals surface area (Å²) in [6.45, 7) is 4.79. The van der Waals surface area contributed by atoms with E-state index in [-0.39, 0.29) is 24.4 Å². The zero-order chi connectivity index (χ0) is 18.6. The molecule has 2 unspecified atom stereocenters. The first-order chi connectivity index (χ1) is 11.8. The second-order valence-electron chi connectivity index (χ2n) is 6.87. The molecule has 7 heteroatoms. The van der Waals surface area contributed by atoms with Gasteiger partial charge in [-0.2, -0.15) is 17.0 Å². The number of hydrogen-bond acceptors (Lipinski definition) is 3. The van der Waals surface area contributed by atoms with E-state index in [1.54, 1.807) is 0 Å². The summed E-state index contributed by atoms with van der Waals surface area (Å²) in [7, 11) is -0.436. The van der Waals surface area contributed by atoms with Gasteiger partial charge in [0.1, 0.15) is 0 Å². The third kappa shape index (κ3) is 4.80. The van der Waals surface area contributed by atoms with Gasteiger partial charge in [-0.05, 0) is 31.7 Å². The van der Waals surface area contributed by atoms with Gasteiger partial charge in [0, 0.05) is 27.2 Å². The Labute approximate surface area is 151 Å². The minimum Gasteiger partial charge on any atom is -0.349 e. The first kappa shape index (κ1) is 19.9. The number of benzene rings is 1. The number of nitrogens with one attached hydrogen (secondary N) is 1. The molecule has 1 N–H and O–H groups in total. The van der Waals surface area contributed by atoms with Crippen molar-refractivity contribution >= 4 is 16.1 Å². The SMILES string of the molecule is CCC(NC(=O)C1CCCN(S(=O)(=O)N(C)C)C1)c1ccc(C)cc1. The molecule has 1 fully saturated rings. The van der Waals surface area contributed by atoms with Gasteiger partial charge in [-0.3, -0.25) is 4.79 Å². The molecule has 2 rings (SSSR count). The van der Waals surface area contributed by atoms with E-state index in [1.165, 1.54) is 28.3 Å². The van der Waals surface area contributed by atoms with E-state index < -0.39 is 10.2 Å². The zero-order valence-electron chi connectivity index (χ0n) is 15.5. The van der Waals surface area contributed by atoms with Crippen LogP contribution < -0.4 is 5.32 Å². The molecule has 0 bridgehead atoms. The third-order valence-corrected chi connectivity index (χ3v) is 6.65. The molecule has 0 radical (unpaired) electrons. The minimum atomic E-state index is -3.47. The second kappa shape index (κ2) is 8.29. The Hall–Kier alpha value is -1.44. The van der Waals surface area contributed by atoms with E-state index in [0.717, 1.165) is 18.4 Å². The first-order valence-electron chi connectivity index (χ1n) is 8.80. The average Bonchev–Trinajstić information content (AvgIpc) is 2.60. The normalized spacial score (nSPS) is 20.4. The van der Waals surface area contributed by atoms with E-state index in [4.69, 9.17) is 0 Å². The van der Waals surface area contributed by atoms with Crippen molar-refractivity contribution < 1.29 is 13.2 Å². The predicted molar refractivity (Wildman–Crippen MR) is 99.3 cm³/mol. The molecule has 0 aliphatic carbocycles. The Morgan fingerprint density at radius 2 is 1.96 bits per heavy atom. The fourth-order valence-electron chi connectivity index (χ4n) is 3.11. The Balaban J connectivity index is 2.05. The Bertz CT molecular complexity index is 686. The molecule has 6 nitrogen and oxygen atoms in total. The van der Waals surface area contributed by atoms with E-state index in [2.05, 4.69) is 5.32 Å². The number of carbonyl (C=O) groups excluding carboxylic acids is 1. The monoisotopic (exact) mass is 367 g/mol. The van der Waals surface area contributed by atoms with Crippen molar-refractivity contribution in [3.8, 4) is 0 Å². The lowest BCUT2D eigenvalue weighted by molar-refractivity contribution is -0.126. The highest BCUT2D eigenvalue weighted by Gasteiger charge is 2.34. The van der Waals surface area contributed by atoms with Crippen molar-refractivity contribution in [1.29, 1.82) is 0 Å². The summed E-state index contributed by atoms with van der Waals surface area (Å²) in [5.41, 5.74) is 2.26. The van der Waals surface area contributed by atoms with Crippen LogP contribution in [0.4, 0.5) is 0 Å². The molecule has 2 atom stereocenters. The van der Waals surface area contributed by atoms with Crippen molar-refractivity contribution in [3.05, 3.63) is 35.4 Å². The van der Waals surface area contributed by atoms with Crippen LogP contribution in [-0.2, 0) is 15.0 Å². The molecule has 1 saturated heterocycles. The van der Waals surface area contributed by atoms with E-state index in [0.29, 0.717) is 13.0 Å². The first-order valence-corrected chi connectivity index (χ1v) is 10.2. The van der Waals surface area contributed by atoms with Gasteiger partial charge in [0.2, 0.25) is 5.91 Å². The minimum absolute atomic E-state index is 0.0473. The number of aryl methyl sites for hydroxylation is 1. The summed E-state index contributed by atoms with van der Waals surface area (Å²) in [4.78, 5) is 12.7. The maximum Gasteiger partial charge on any atom is 0.281 e. The molecule has 1 aliphatic rings. The molecule has 25 heavy (non-hydrogen) atoms. The highest BCUT2D eigenvalue weighted by molar-refractivity contribution is 7.86. The number of rotatable bonds is 6. The Morgan fingerprint density at radius 3 is 2.52 bits per heavy atom.